The van der Waals surface area contributed by atoms with Crippen LogP contribution in [0.2, 0.25) is 10.0 Å². The van der Waals surface area contributed by atoms with E-state index in [4.69, 9.17) is 32.0 Å². The lowest BCUT2D eigenvalue weighted by Gasteiger charge is -2.25. The fourth-order valence-corrected chi connectivity index (χ4v) is 4.96. The second-order valence-electron chi connectivity index (χ2n) is 9.79. The van der Waals surface area contributed by atoms with Gasteiger partial charge in [0.05, 0.1) is 0 Å². The summed E-state index contributed by atoms with van der Waals surface area (Å²) in [7, 11) is 0. The number of rotatable bonds is 8. The average molecular weight is 589 g/mol. The molecule has 4 aromatic carbocycles. The molecule has 0 bridgehead atoms. The van der Waals surface area contributed by atoms with Gasteiger partial charge < -0.3 is 13.7 Å². The van der Waals surface area contributed by atoms with Crippen molar-refractivity contribution >= 4 is 64.1 Å². The number of halogens is 2. The molecule has 0 aliphatic heterocycles. The van der Waals surface area contributed by atoms with Crippen LogP contribution in [0.1, 0.15) is 34.2 Å². The first-order valence-corrected chi connectivity index (χ1v) is 14.3. The molecule has 0 radical (unpaired) electrons. The number of hydrogen-bond donors (Lipinski definition) is 0. The highest BCUT2D eigenvalue weighted by Crippen LogP contribution is 2.36. The number of nitrogens with zero attached hydrogens (tertiary/aromatic N) is 1. The minimum absolute atomic E-state index is 0.694. The Balaban J connectivity index is 1.24. The predicted octanol–water partition coefficient (Wildman–Crippen LogP) is 11.7. The third kappa shape index (κ3) is 6.44. The Hall–Kier alpha value is -4.70. The zero-order valence-electron chi connectivity index (χ0n) is 22.9. The first-order valence-electron chi connectivity index (χ1n) is 13.5. The van der Waals surface area contributed by atoms with Crippen LogP contribution in [0.15, 0.2) is 136 Å². The van der Waals surface area contributed by atoms with E-state index in [0.29, 0.717) is 10.0 Å². The van der Waals surface area contributed by atoms with Crippen LogP contribution in [0.3, 0.4) is 0 Å². The monoisotopic (exact) mass is 587 g/mol. The van der Waals surface area contributed by atoms with Crippen molar-refractivity contribution in [3.8, 4) is 0 Å². The number of anilines is 3. The largest absolute Gasteiger partial charge is 0.461 e. The molecule has 5 heteroatoms. The summed E-state index contributed by atoms with van der Waals surface area (Å²) in [6.45, 7) is 1.95. The van der Waals surface area contributed by atoms with E-state index in [0.717, 1.165) is 56.8 Å². The van der Waals surface area contributed by atoms with Crippen LogP contribution in [0.25, 0.3) is 23.8 Å². The van der Waals surface area contributed by atoms with Gasteiger partial charge in [-0.2, -0.15) is 0 Å². The van der Waals surface area contributed by atoms with Crippen LogP contribution in [0, 0.1) is 6.92 Å². The molecule has 0 fully saturated rings. The van der Waals surface area contributed by atoms with Gasteiger partial charge in [0, 0.05) is 32.7 Å². The van der Waals surface area contributed by atoms with E-state index in [2.05, 4.69) is 41.3 Å². The molecule has 6 aromatic rings. The Labute approximate surface area is 255 Å². The van der Waals surface area contributed by atoms with Crippen molar-refractivity contribution in [1.29, 1.82) is 0 Å². The van der Waals surface area contributed by atoms with Gasteiger partial charge in [0.25, 0.3) is 0 Å². The van der Waals surface area contributed by atoms with Gasteiger partial charge in [-0.05, 0) is 115 Å². The molecule has 0 saturated heterocycles. The lowest BCUT2D eigenvalue weighted by atomic mass is 10.0. The zero-order chi connectivity index (χ0) is 28.9. The lowest BCUT2D eigenvalue weighted by Crippen LogP contribution is -2.09. The average Bonchev–Trinajstić information content (AvgIpc) is 3.66. The predicted molar refractivity (Wildman–Crippen MR) is 176 cm³/mol. The Bertz CT molecular complexity index is 1780. The molecular formula is C37H27Cl2NO2. The molecule has 0 saturated carbocycles. The molecule has 0 atom stereocenters. The summed E-state index contributed by atoms with van der Waals surface area (Å²) in [5, 5.41) is 1.39. The first-order chi connectivity index (χ1) is 20.5. The van der Waals surface area contributed by atoms with Crippen LogP contribution in [-0.4, -0.2) is 0 Å². The van der Waals surface area contributed by atoms with E-state index in [1.807, 2.05) is 116 Å². The zero-order valence-corrected chi connectivity index (χ0v) is 24.4. The second-order valence-corrected chi connectivity index (χ2v) is 10.7. The molecule has 0 spiro atoms. The maximum absolute atomic E-state index is 6.16. The van der Waals surface area contributed by atoms with Crippen molar-refractivity contribution in [2.24, 2.45) is 0 Å². The summed E-state index contributed by atoms with van der Waals surface area (Å²) in [5.74, 6) is 3.18. The fourth-order valence-electron chi connectivity index (χ4n) is 4.71. The Morgan fingerprint density at radius 1 is 0.571 bits per heavy atom. The molecule has 0 N–H and O–H groups in total. The molecule has 2 heterocycles. The van der Waals surface area contributed by atoms with Crippen molar-refractivity contribution < 1.29 is 8.83 Å². The third-order valence-corrected chi connectivity index (χ3v) is 7.29. The van der Waals surface area contributed by atoms with E-state index in [-0.39, 0.29) is 0 Å². The van der Waals surface area contributed by atoms with Crippen molar-refractivity contribution in [2.75, 3.05) is 4.90 Å². The van der Waals surface area contributed by atoms with Crippen LogP contribution in [-0.2, 0) is 0 Å². The maximum Gasteiger partial charge on any atom is 0.134 e. The van der Waals surface area contributed by atoms with Crippen LogP contribution in [0.4, 0.5) is 17.1 Å². The molecule has 0 unspecified atom stereocenters. The van der Waals surface area contributed by atoms with Gasteiger partial charge in [-0.25, -0.2) is 0 Å². The smallest absolute Gasteiger partial charge is 0.134 e. The van der Waals surface area contributed by atoms with Gasteiger partial charge in [0.15, 0.2) is 0 Å². The molecule has 3 nitrogen and oxygen atoms in total. The van der Waals surface area contributed by atoms with E-state index < -0.39 is 0 Å². The third-order valence-electron chi connectivity index (χ3n) is 6.79. The van der Waals surface area contributed by atoms with Crippen molar-refractivity contribution in [3.63, 3.8) is 0 Å². The minimum Gasteiger partial charge on any atom is -0.461 e. The van der Waals surface area contributed by atoms with Crippen LogP contribution < -0.4 is 4.90 Å². The SMILES string of the molecule is Cc1ccc(C(=Cc2ccc(C=Cc3ccc(N(c4ccc(Cl)cc4)c4ccc(Cl)cc4)cc3)o2)c2ccccc2)o1. The van der Waals surface area contributed by atoms with E-state index in [1.54, 1.807) is 0 Å². The molecule has 206 valence electrons. The number of aryl methyl sites for hydroxylation is 1. The normalized spacial score (nSPS) is 11.7. The number of benzene rings is 4. The van der Waals surface area contributed by atoms with Crippen molar-refractivity contribution in [3.05, 3.63) is 172 Å². The molecule has 2 aromatic heterocycles. The Morgan fingerprint density at radius 2 is 1.14 bits per heavy atom. The van der Waals surface area contributed by atoms with E-state index >= 15 is 0 Å². The highest BCUT2D eigenvalue weighted by atomic mass is 35.5. The Morgan fingerprint density at radius 3 is 1.71 bits per heavy atom. The standard InChI is InChI=1S/C37H27Cl2NO2/c1-26-7-24-37(41-26)36(28-5-3-2-4-6-28)25-35-23-22-34(42-35)21-10-27-8-15-31(16-9-27)40(32-17-11-29(38)12-18-32)33-19-13-30(39)14-20-33/h2-25H,1H3. The van der Waals surface area contributed by atoms with Gasteiger partial charge in [0.1, 0.15) is 23.0 Å². The number of furan rings is 2. The maximum atomic E-state index is 6.16. The molecule has 42 heavy (non-hydrogen) atoms. The van der Waals surface area contributed by atoms with Gasteiger partial charge >= 0.3 is 0 Å². The topological polar surface area (TPSA) is 29.5 Å². The van der Waals surface area contributed by atoms with Crippen molar-refractivity contribution in [1.82, 2.24) is 0 Å². The molecular weight excluding hydrogens is 561 g/mol. The van der Waals surface area contributed by atoms with Crippen LogP contribution in [0.5, 0.6) is 0 Å². The molecule has 6 rings (SSSR count). The summed E-state index contributed by atoms with van der Waals surface area (Å²) >= 11 is 12.3. The van der Waals surface area contributed by atoms with Crippen LogP contribution >= 0.6 is 23.2 Å². The summed E-state index contributed by atoms with van der Waals surface area (Å²) in [6, 6.07) is 42.0. The van der Waals surface area contributed by atoms with Gasteiger partial charge in [-0.3, -0.25) is 0 Å². The van der Waals surface area contributed by atoms with Gasteiger partial charge in [-0.1, -0.05) is 71.7 Å². The van der Waals surface area contributed by atoms with E-state index in [1.165, 1.54) is 0 Å². The summed E-state index contributed by atoms with van der Waals surface area (Å²) in [4.78, 5) is 2.16. The van der Waals surface area contributed by atoms with Gasteiger partial charge in [-0.15, -0.1) is 0 Å². The van der Waals surface area contributed by atoms with E-state index in [9.17, 15) is 0 Å². The Kier molecular flexibility index (Phi) is 8.14. The summed E-state index contributed by atoms with van der Waals surface area (Å²) in [6.07, 6.45) is 6.03. The summed E-state index contributed by atoms with van der Waals surface area (Å²) < 4.78 is 12.1. The quantitative estimate of drug-likeness (QED) is 0.177. The van der Waals surface area contributed by atoms with Gasteiger partial charge in [0.2, 0.25) is 0 Å². The highest BCUT2D eigenvalue weighted by molar-refractivity contribution is 6.31. The minimum atomic E-state index is 0.694. The highest BCUT2D eigenvalue weighted by Gasteiger charge is 2.13. The molecule has 0 aliphatic carbocycles. The second kappa shape index (κ2) is 12.4. The lowest BCUT2D eigenvalue weighted by molar-refractivity contribution is 0.521. The summed E-state index contributed by atoms with van der Waals surface area (Å²) in [5.41, 5.74) is 6.10. The van der Waals surface area contributed by atoms with Crippen molar-refractivity contribution in [2.45, 2.75) is 6.92 Å². The number of hydrogen-bond acceptors (Lipinski definition) is 3. The fraction of sp³-hybridized carbons (Fsp3) is 0.0270. The first kappa shape index (κ1) is 27.5. The molecule has 0 aliphatic rings. The molecule has 0 amide bonds.